The number of halogens is 1. The molecule has 2 aromatic rings. The SMILES string of the molecule is Cn1ncc(-c2ccc(Br)o2)c(N)c1=O. The molecule has 0 amide bonds. The lowest BCUT2D eigenvalue weighted by molar-refractivity contribution is 0.554. The van der Waals surface area contributed by atoms with Crippen LogP contribution in [0.5, 0.6) is 0 Å². The monoisotopic (exact) mass is 269 g/mol. The Hall–Kier alpha value is -1.56. The summed E-state index contributed by atoms with van der Waals surface area (Å²) in [5.74, 6) is 0.518. The topological polar surface area (TPSA) is 74.1 Å². The first-order chi connectivity index (χ1) is 7.09. The molecule has 0 radical (unpaired) electrons. The molecule has 0 spiro atoms. The smallest absolute Gasteiger partial charge is 0.290 e. The second-order valence-corrected chi connectivity index (χ2v) is 3.79. The van der Waals surface area contributed by atoms with Gasteiger partial charge in [0.1, 0.15) is 11.4 Å². The van der Waals surface area contributed by atoms with E-state index >= 15 is 0 Å². The van der Waals surface area contributed by atoms with Crippen LogP contribution in [-0.2, 0) is 7.05 Å². The van der Waals surface area contributed by atoms with Crippen molar-refractivity contribution >= 4 is 21.6 Å². The van der Waals surface area contributed by atoms with E-state index in [2.05, 4.69) is 21.0 Å². The van der Waals surface area contributed by atoms with Crippen LogP contribution in [0.15, 0.2) is 32.2 Å². The summed E-state index contributed by atoms with van der Waals surface area (Å²) in [7, 11) is 1.54. The molecule has 15 heavy (non-hydrogen) atoms. The van der Waals surface area contributed by atoms with E-state index in [1.807, 2.05) is 0 Å². The van der Waals surface area contributed by atoms with Gasteiger partial charge in [0.05, 0.1) is 11.8 Å². The Morgan fingerprint density at radius 2 is 2.27 bits per heavy atom. The maximum absolute atomic E-state index is 11.5. The Kier molecular flexibility index (Phi) is 2.36. The summed E-state index contributed by atoms with van der Waals surface area (Å²) in [6, 6.07) is 3.45. The molecule has 0 aromatic carbocycles. The van der Waals surface area contributed by atoms with Gasteiger partial charge in [0.2, 0.25) is 0 Å². The first kappa shape index (κ1) is 9.97. The molecule has 0 aliphatic carbocycles. The van der Waals surface area contributed by atoms with Crippen LogP contribution in [0, 0.1) is 0 Å². The summed E-state index contributed by atoms with van der Waals surface area (Å²) in [5, 5.41) is 3.87. The maximum Gasteiger partial charge on any atom is 0.290 e. The Morgan fingerprint density at radius 3 is 2.87 bits per heavy atom. The minimum atomic E-state index is -0.333. The fraction of sp³-hybridized carbons (Fsp3) is 0.111. The van der Waals surface area contributed by atoms with Gasteiger partial charge in [-0.1, -0.05) is 0 Å². The number of aryl methyl sites for hydroxylation is 1. The molecule has 78 valence electrons. The van der Waals surface area contributed by atoms with E-state index in [0.29, 0.717) is 16.0 Å². The molecule has 0 saturated carbocycles. The normalized spacial score (nSPS) is 10.5. The predicted molar refractivity (Wildman–Crippen MR) is 59.3 cm³/mol. The van der Waals surface area contributed by atoms with Gasteiger partial charge >= 0.3 is 0 Å². The zero-order chi connectivity index (χ0) is 11.0. The molecule has 2 rings (SSSR count). The Labute approximate surface area is 93.6 Å². The van der Waals surface area contributed by atoms with E-state index in [9.17, 15) is 4.79 Å². The number of rotatable bonds is 1. The number of furan rings is 1. The van der Waals surface area contributed by atoms with Crippen molar-refractivity contribution in [3.63, 3.8) is 0 Å². The van der Waals surface area contributed by atoms with Gasteiger partial charge in [0, 0.05) is 7.05 Å². The number of hydrogen-bond donors (Lipinski definition) is 1. The van der Waals surface area contributed by atoms with Gasteiger partial charge in [0.15, 0.2) is 4.67 Å². The van der Waals surface area contributed by atoms with Gasteiger partial charge in [-0.2, -0.15) is 5.10 Å². The summed E-state index contributed by atoms with van der Waals surface area (Å²) in [5.41, 5.74) is 5.98. The van der Waals surface area contributed by atoms with E-state index < -0.39 is 0 Å². The molecule has 2 N–H and O–H groups in total. The minimum Gasteiger partial charge on any atom is -0.449 e. The molecule has 0 aliphatic heterocycles. The van der Waals surface area contributed by atoms with Crippen molar-refractivity contribution in [2.45, 2.75) is 0 Å². The van der Waals surface area contributed by atoms with Gasteiger partial charge in [-0.15, -0.1) is 0 Å². The van der Waals surface area contributed by atoms with Gasteiger partial charge in [-0.05, 0) is 28.1 Å². The Balaban J connectivity index is 2.64. The van der Waals surface area contributed by atoms with Crippen LogP contribution in [0.2, 0.25) is 0 Å². The minimum absolute atomic E-state index is 0.134. The van der Waals surface area contributed by atoms with Gasteiger partial charge < -0.3 is 10.2 Å². The summed E-state index contributed by atoms with van der Waals surface area (Å²) < 4.78 is 7.05. The van der Waals surface area contributed by atoms with Crippen molar-refractivity contribution in [3.8, 4) is 11.3 Å². The number of nitrogens with zero attached hydrogens (tertiary/aromatic N) is 2. The fourth-order valence-corrected chi connectivity index (χ4v) is 1.52. The van der Waals surface area contributed by atoms with Gasteiger partial charge in [-0.25, -0.2) is 4.68 Å². The molecule has 2 heterocycles. The van der Waals surface area contributed by atoms with Crippen LogP contribution >= 0.6 is 15.9 Å². The summed E-state index contributed by atoms with van der Waals surface area (Å²) in [6.07, 6.45) is 1.50. The molecule has 0 saturated heterocycles. The molecule has 0 bridgehead atoms. The first-order valence-corrected chi connectivity index (χ1v) is 4.96. The van der Waals surface area contributed by atoms with Gasteiger partial charge in [-0.3, -0.25) is 4.79 Å². The van der Waals surface area contributed by atoms with Crippen molar-refractivity contribution in [1.82, 2.24) is 9.78 Å². The van der Waals surface area contributed by atoms with E-state index in [-0.39, 0.29) is 11.2 Å². The van der Waals surface area contributed by atoms with Crippen molar-refractivity contribution < 1.29 is 4.42 Å². The Bertz CT molecular complexity index is 559. The van der Waals surface area contributed by atoms with Crippen LogP contribution in [0.4, 0.5) is 5.69 Å². The lowest BCUT2D eigenvalue weighted by atomic mass is 10.2. The molecule has 0 unspecified atom stereocenters. The fourth-order valence-electron chi connectivity index (χ4n) is 1.21. The van der Waals surface area contributed by atoms with E-state index in [1.165, 1.54) is 10.9 Å². The molecule has 0 aliphatic rings. The first-order valence-electron chi connectivity index (χ1n) is 4.17. The second-order valence-electron chi connectivity index (χ2n) is 3.00. The Morgan fingerprint density at radius 1 is 1.53 bits per heavy atom. The molecule has 2 aromatic heterocycles. The van der Waals surface area contributed by atoms with Crippen molar-refractivity contribution in [2.24, 2.45) is 7.05 Å². The number of nitrogens with two attached hydrogens (primary N) is 1. The average molecular weight is 270 g/mol. The largest absolute Gasteiger partial charge is 0.449 e. The van der Waals surface area contributed by atoms with Crippen LogP contribution in [0.25, 0.3) is 11.3 Å². The number of anilines is 1. The number of hydrogen-bond acceptors (Lipinski definition) is 4. The van der Waals surface area contributed by atoms with Crippen molar-refractivity contribution in [2.75, 3.05) is 5.73 Å². The highest BCUT2D eigenvalue weighted by Crippen LogP contribution is 2.26. The zero-order valence-corrected chi connectivity index (χ0v) is 9.48. The highest BCUT2D eigenvalue weighted by atomic mass is 79.9. The second kappa shape index (κ2) is 3.54. The summed E-state index contributed by atoms with van der Waals surface area (Å²) in [4.78, 5) is 11.5. The van der Waals surface area contributed by atoms with Crippen molar-refractivity contribution in [1.29, 1.82) is 0 Å². The molecular formula is C9H8BrN3O2. The molecular weight excluding hydrogens is 262 g/mol. The highest BCUT2D eigenvalue weighted by Gasteiger charge is 2.11. The zero-order valence-electron chi connectivity index (χ0n) is 7.90. The summed E-state index contributed by atoms with van der Waals surface area (Å²) >= 11 is 3.18. The third-order valence-corrected chi connectivity index (χ3v) is 2.44. The standard InChI is InChI=1S/C9H8BrN3O2/c1-13-9(14)8(11)5(4-12-13)6-2-3-7(10)15-6/h2-4H,11H2,1H3. The lowest BCUT2D eigenvalue weighted by Gasteiger charge is -2.02. The van der Waals surface area contributed by atoms with Crippen LogP contribution < -0.4 is 11.3 Å². The third-order valence-electron chi connectivity index (χ3n) is 2.01. The summed E-state index contributed by atoms with van der Waals surface area (Å²) in [6.45, 7) is 0. The molecule has 5 nitrogen and oxygen atoms in total. The number of nitrogen functional groups attached to an aromatic ring is 1. The maximum atomic E-state index is 11.5. The molecule has 0 atom stereocenters. The van der Waals surface area contributed by atoms with Crippen LogP contribution in [-0.4, -0.2) is 9.78 Å². The van der Waals surface area contributed by atoms with Crippen LogP contribution in [0.1, 0.15) is 0 Å². The van der Waals surface area contributed by atoms with Crippen LogP contribution in [0.3, 0.4) is 0 Å². The van der Waals surface area contributed by atoms with E-state index in [0.717, 1.165) is 0 Å². The lowest BCUT2D eigenvalue weighted by Crippen LogP contribution is -2.22. The molecule has 0 fully saturated rings. The van der Waals surface area contributed by atoms with E-state index in [4.69, 9.17) is 10.2 Å². The highest BCUT2D eigenvalue weighted by molar-refractivity contribution is 9.10. The third kappa shape index (κ3) is 1.68. The van der Waals surface area contributed by atoms with Crippen molar-refractivity contribution in [3.05, 3.63) is 33.4 Å². The van der Waals surface area contributed by atoms with Gasteiger partial charge in [0.25, 0.3) is 5.56 Å². The molecule has 6 heteroatoms. The predicted octanol–water partition coefficient (Wildman–Crippen LogP) is 1.39. The van der Waals surface area contributed by atoms with E-state index in [1.54, 1.807) is 19.2 Å². The quantitative estimate of drug-likeness (QED) is 0.849. The number of aromatic nitrogens is 2. The average Bonchev–Trinajstić information content (AvgIpc) is 2.61.